The van der Waals surface area contributed by atoms with Crippen LogP contribution in [0.3, 0.4) is 0 Å². The van der Waals surface area contributed by atoms with Crippen LogP contribution in [0.15, 0.2) is 48.1 Å². The van der Waals surface area contributed by atoms with E-state index in [2.05, 4.69) is 41.1 Å². The fraction of sp³-hybridized carbons (Fsp3) is 0.421. The molecule has 0 saturated heterocycles. The van der Waals surface area contributed by atoms with Crippen LogP contribution in [0.2, 0.25) is 0 Å². The van der Waals surface area contributed by atoms with Crippen molar-refractivity contribution in [1.29, 1.82) is 0 Å². The first-order valence-electron chi connectivity index (χ1n) is 8.59. The van der Waals surface area contributed by atoms with Gasteiger partial charge in [-0.3, -0.25) is 4.79 Å². The van der Waals surface area contributed by atoms with E-state index in [0.29, 0.717) is 6.54 Å². The molecule has 0 spiro atoms. The molecule has 0 saturated carbocycles. The van der Waals surface area contributed by atoms with Gasteiger partial charge < -0.3 is 9.88 Å². The van der Waals surface area contributed by atoms with Gasteiger partial charge >= 0.3 is 0 Å². The molecular formula is C19H26N4OS. The lowest BCUT2D eigenvalue weighted by Crippen LogP contribution is -2.34. The number of allylic oxidation sites excluding steroid dienone is 1. The summed E-state index contributed by atoms with van der Waals surface area (Å²) >= 11 is 1.42. The minimum absolute atomic E-state index is 0.0121. The first-order valence-corrected chi connectivity index (χ1v) is 9.47. The summed E-state index contributed by atoms with van der Waals surface area (Å²) in [6.45, 7) is 10.3. The Morgan fingerprint density at radius 1 is 1.36 bits per heavy atom. The largest absolute Gasteiger partial charge is 0.348 e. The molecule has 25 heavy (non-hydrogen) atoms. The van der Waals surface area contributed by atoms with Crippen LogP contribution < -0.4 is 5.32 Å². The van der Waals surface area contributed by atoms with Gasteiger partial charge in [0.15, 0.2) is 5.16 Å². The van der Waals surface area contributed by atoms with Gasteiger partial charge in [-0.1, -0.05) is 61.5 Å². The fourth-order valence-corrected chi connectivity index (χ4v) is 3.50. The van der Waals surface area contributed by atoms with Gasteiger partial charge in [-0.15, -0.1) is 16.8 Å². The smallest absolute Gasteiger partial charge is 0.233 e. The predicted octanol–water partition coefficient (Wildman–Crippen LogP) is 3.91. The number of benzene rings is 1. The molecule has 0 radical (unpaired) electrons. The monoisotopic (exact) mass is 358 g/mol. The van der Waals surface area contributed by atoms with E-state index in [-0.39, 0.29) is 17.2 Å². The highest BCUT2D eigenvalue weighted by Gasteiger charge is 2.22. The number of nitrogens with one attached hydrogen (secondary N) is 1. The topological polar surface area (TPSA) is 59.8 Å². The van der Waals surface area contributed by atoms with Crippen LogP contribution in [0, 0.1) is 6.92 Å². The average molecular weight is 359 g/mol. The second-order valence-corrected chi connectivity index (χ2v) is 7.26. The molecule has 1 N–H and O–H groups in total. The molecule has 2 aromatic rings. The third kappa shape index (κ3) is 5.19. The van der Waals surface area contributed by atoms with Crippen LogP contribution >= 0.6 is 11.8 Å². The molecule has 1 aromatic carbocycles. The molecule has 134 valence electrons. The zero-order valence-electron chi connectivity index (χ0n) is 15.1. The van der Waals surface area contributed by atoms with E-state index in [1.165, 1.54) is 11.8 Å². The summed E-state index contributed by atoms with van der Waals surface area (Å²) < 4.78 is 1.96. The molecule has 2 rings (SSSR count). The maximum absolute atomic E-state index is 12.7. The van der Waals surface area contributed by atoms with Crippen LogP contribution in [-0.2, 0) is 11.3 Å². The standard InChI is InChI=1S/C19H26N4OS/c1-5-10-17(16-11-8-7-9-12-16)20-18(24)14(3)25-19-22-21-15(4)23(19)13-6-2/h6-9,11-12,14,17H,2,5,10,13H2,1,3-4H3,(H,20,24)/t14-,17+/m1/s1. The molecule has 0 aliphatic carbocycles. The van der Waals surface area contributed by atoms with E-state index in [4.69, 9.17) is 0 Å². The zero-order chi connectivity index (χ0) is 18.2. The predicted molar refractivity (Wildman–Crippen MR) is 103 cm³/mol. The SMILES string of the molecule is C=CCn1c(C)nnc1S[C@H](C)C(=O)N[C@@H](CCC)c1ccccc1. The summed E-state index contributed by atoms with van der Waals surface area (Å²) in [5.41, 5.74) is 1.14. The normalized spacial score (nSPS) is 13.2. The number of rotatable bonds is 9. The van der Waals surface area contributed by atoms with E-state index >= 15 is 0 Å². The Morgan fingerprint density at radius 3 is 2.72 bits per heavy atom. The Morgan fingerprint density at radius 2 is 2.08 bits per heavy atom. The van der Waals surface area contributed by atoms with Crippen molar-refractivity contribution >= 4 is 17.7 Å². The number of aromatic nitrogens is 3. The van der Waals surface area contributed by atoms with Crippen LogP contribution in [0.25, 0.3) is 0 Å². The van der Waals surface area contributed by atoms with Gasteiger partial charge in [0.05, 0.1) is 11.3 Å². The molecular weight excluding hydrogens is 332 g/mol. The summed E-state index contributed by atoms with van der Waals surface area (Å²) in [5.74, 6) is 0.835. The van der Waals surface area contributed by atoms with Crippen molar-refractivity contribution in [2.75, 3.05) is 0 Å². The van der Waals surface area contributed by atoms with Gasteiger partial charge in [-0.05, 0) is 25.8 Å². The first kappa shape index (κ1) is 19.2. The number of nitrogens with zero attached hydrogens (tertiary/aromatic N) is 3. The van der Waals surface area contributed by atoms with Crippen LogP contribution in [-0.4, -0.2) is 25.9 Å². The lowest BCUT2D eigenvalue weighted by atomic mass is 10.0. The van der Waals surface area contributed by atoms with Crippen molar-refractivity contribution in [3.05, 3.63) is 54.4 Å². The molecule has 0 aliphatic heterocycles. The molecule has 0 aliphatic rings. The van der Waals surface area contributed by atoms with Crippen molar-refractivity contribution in [2.45, 2.75) is 56.6 Å². The van der Waals surface area contributed by atoms with Gasteiger partial charge in [-0.25, -0.2) is 0 Å². The van der Waals surface area contributed by atoms with Gasteiger partial charge in [-0.2, -0.15) is 0 Å². The summed E-state index contributed by atoms with van der Waals surface area (Å²) in [4.78, 5) is 12.7. The molecule has 5 nitrogen and oxygen atoms in total. The second-order valence-electron chi connectivity index (χ2n) is 5.95. The molecule has 0 fully saturated rings. The maximum Gasteiger partial charge on any atom is 0.233 e. The van der Waals surface area contributed by atoms with E-state index < -0.39 is 0 Å². The second kappa shape index (κ2) is 9.42. The molecule has 1 aromatic heterocycles. The molecule has 0 unspecified atom stereocenters. The molecule has 6 heteroatoms. The number of thioether (sulfide) groups is 1. The van der Waals surface area contributed by atoms with Crippen molar-refractivity contribution in [3.8, 4) is 0 Å². The summed E-state index contributed by atoms with van der Waals surface area (Å²) in [6.07, 6.45) is 3.73. The number of hydrogen-bond donors (Lipinski definition) is 1. The highest BCUT2D eigenvalue weighted by molar-refractivity contribution is 8.00. The zero-order valence-corrected chi connectivity index (χ0v) is 15.9. The maximum atomic E-state index is 12.7. The van der Waals surface area contributed by atoms with Crippen molar-refractivity contribution in [2.24, 2.45) is 0 Å². The van der Waals surface area contributed by atoms with E-state index in [1.807, 2.05) is 36.6 Å². The lowest BCUT2D eigenvalue weighted by Gasteiger charge is -2.21. The average Bonchev–Trinajstić information content (AvgIpc) is 2.95. The Labute approximate surface area is 153 Å². The number of carbonyl (C=O) groups excluding carboxylic acids is 1. The van der Waals surface area contributed by atoms with Gasteiger partial charge in [0, 0.05) is 6.54 Å². The number of hydrogen-bond acceptors (Lipinski definition) is 4. The number of aryl methyl sites for hydroxylation is 1. The minimum Gasteiger partial charge on any atom is -0.348 e. The van der Waals surface area contributed by atoms with E-state index in [0.717, 1.165) is 29.4 Å². The van der Waals surface area contributed by atoms with Crippen molar-refractivity contribution in [3.63, 3.8) is 0 Å². The van der Waals surface area contributed by atoms with Crippen molar-refractivity contribution in [1.82, 2.24) is 20.1 Å². The molecule has 1 amide bonds. The summed E-state index contributed by atoms with van der Waals surface area (Å²) in [5, 5.41) is 11.9. The van der Waals surface area contributed by atoms with Gasteiger partial charge in [0.1, 0.15) is 5.82 Å². The highest BCUT2D eigenvalue weighted by atomic mass is 32.2. The number of carbonyl (C=O) groups is 1. The summed E-state index contributed by atoms with van der Waals surface area (Å²) in [7, 11) is 0. The highest BCUT2D eigenvalue weighted by Crippen LogP contribution is 2.24. The van der Waals surface area contributed by atoms with Crippen molar-refractivity contribution < 1.29 is 4.79 Å². The Bertz CT molecular complexity index is 699. The molecule has 2 atom stereocenters. The van der Waals surface area contributed by atoms with E-state index in [9.17, 15) is 4.79 Å². The summed E-state index contributed by atoms with van der Waals surface area (Å²) in [6, 6.07) is 10.1. The van der Waals surface area contributed by atoms with Crippen LogP contribution in [0.1, 0.15) is 44.1 Å². The Balaban J connectivity index is 2.05. The first-order chi connectivity index (χ1) is 12.1. The number of amides is 1. The molecule has 1 heterocycles. The Hall–Kier alpha value is -2.08. The molecule has 0 bridgehead atoms. The van der Waals surface area contributed by atoms with E-state index in [1.54, 1.807) is 6.08 Å². The third-order valence-corrected chi connectivity index (χ3v) is 5.04. The van der Waals surface area contributed by atoms with Gasteiger partial charge in [0.25, 0.3) is 0 Å². The van der Waals surface area contributed by atoms with Crippen LogP contribution in [0.5, 0.6) is 0 Å². The van der Waals surface area contributed by atoms with Crippen LogP contribution in [0.4, 0.5) is 0 Å². The quantitative estimate of drug-likeness (QED) is 0.545. The minimum atomic E-state index is -0.254. The van der Waals surface area contributed by atoms with Gasteiger partial charge in [0.2, 0.25) is 5.91 Å². The third-order valence-electron chi connectivity index (χ3n) is 3.96. The fourth-order valence-electron chi connectivity index (χ4n) is 2.58. The lowest BCUT2D eigenvalue weighted by molar-refractivity contribution is -0.121. The Kier molecular flexibility index (Phi) is 7.25.